The van der Waals surface area contributed by atoms with Gasteiger partial charge in [-0.25, -0.2) is 0 Å². The summed E-state index contributed by atoms with van der Waals surface area (Å²) in [6.45, 7) is 0. The molecule has 0 unspecified atom stereocenters. The van der Waals surface area contributed by atoms with Crippen molar-refractivity contribution >= 4 is 38.4 Å². The van der Waals surface area contributed by atoms with Gasteiger partial charge in [-0.1, -0.05) is 53.8 Å². The normalized spacial score (nSPS) is 11.4. The predicted molar refractivity (Wildman–Crippen MR) is 95.5 cm³/mol. The van der Waals surface area contributed by atoms with Crippen LogP contribution in [-0.4, -0.2) is 16.9 Å². The number of fused-ring (bicyclic) bond motifs is 1. The molecule has 3 aromatic rings. The Balaban J connectivity index is 1.76. The maximum Gasteiger partial charge on any atom is 0.281 e. The maximum absolute atomic E-state index is 11.9. The van der Waals surface area contributed by atoms with Crippen LogP contribution < -0.4 is 16.6 Å². The Bertz CT molecular complexity index is 967. The van der Waals surface area contributed by atoms with Crippen molar-refractivity contribution in [2.45, 2.75) is 6.42 Å². The van der Waals surface area contributed by atoms with E-state index in [0.29, 0.717) is 5.39 Å². The molecule has 0 saturated carbocycles. The van der Waals surface area contributed by atoms with Crippen LogP contribution in [0.1, 0.15) is 5.56 Å². The number of guanidine groups is 1. The van der Waals surface area contributed by atoms with E-state index in [1.165, 1.54) is 11.3 Å². The van der Waals surface area contributed by atoms with Crippen LogP contribution in [0.4, 0.5) is 5.13 Å². The monoisotopic (exact) mass is 338 g/mol. The molecule has 7 heteroatoms. The summed E-state index contributed by atoms with van der Waals surface area (Å²) in [7, 11) is 0. The smallest absolute Gasteiger partial charge is 0.281 e. The van der Waals surface area contributed by atoms with Gasteiger partial charge in [0.15, 0.2) is 0 Å². The van der Waals surface area contributed by atoms with E-state index in [0.717, 1.165) is 10.3 Å². The van der Waals surface area contributed by atoms with E-state index in [1.807, 2.05) is 42.5 Å². The Morgan fingerprint density at radius 1 is 1.12 bits per heavy atom. The lowest BCUT2D eigenvalue weighted by Crippen LogP contribution is -2.37. The van der Waals surface area contributed by atoms with Gasteiger partial charge in [0.1, 0.15) is 0 Å². The minimum atomic E-state index is -0.369. The molecule has 0 bridgehead atoms. The Labute approximate surface area is 141 Å². The van der Waals surface area contributed by atoms with E-state index in [9.17, 15) is 9.59 Å². The number of hydrogen-bond acceptors (Lipinski definition) is 5. The number of benzene rings is 2. The average Bonchev–Trinajstić information content (AvgIpc) is 2.55. The molecule has 0 aliphatic rings. The maximum atomic E-state index is 11.9. The molecular weight excluding hydrogens is 324 g/mol. The molecule has 0 fully saturated rings. The average molecular weight is 338 g/mol. The lowest BCUT2D eigenvalue weighted by atomic mass is 10.1. The zero-order valence-electron chi connectivity index (χ0n) is 12.6. The first-order valence-corrected chi connectivity index (χ1v) is 8.01. The van der Waals surface area contributed by atoms with Gasteiger partial charge in [-0.2, -0.15) is 9.98 Å². The Hall–Kier alpha value is -3.06. The molecule has 2 aromatic carbocycles. The second-order valence-electron chi connectivity index (χ2n) is 5.01. The number of hydrogen-bond donors (Lipinski definition) is 2. The molecule has 1 amide bonds. The van der Waals surface area contributed by atoms with Crippen LogP contribution in [0.15, 0.2) is 64.4 Å². The van der Waals surface area contributed by atoms with Gasteiger partial charge in [0.05, 0.1) is 11.8 Å². The van der Waals surface area contributed by atoms with Crippen molar-refractivity contribution in [3.8, 4) is 0 Å². The van der Waals surface area contributed by atoms with Crippen molar-refractivity contribution in [3.05, 3.63) is 70.5 Å². The third-order valence-electron chi connectivity index (χ3n) is 3.21. The SMILES string of the molecule is N/C(=N\c1nc(=O)c2ccccc2s1)NC(=O)Cc1ccccc1. The van der Waals surface area contributed by atoms with Crippen molar-refractivity contribution in [2.24, 2.45) is 10.7 Å². The number of carbonyl (C=O) groups excluding carboxylic acids is 1. The largest absolute Gasteiger partial charge is 0.369 e. The number of amides is 1. The second kappa shape index (κ2) is 7.01. The zero-order chi connectivity index (χ0) is 16.9. The first-order chi connectivity index (χ1) is 11.6. The molecular formula is C17H14N4O2S. The molecule has 3 rings (SSSR count). The third kappa shape index (κ3) is 3.82. The highest BCUT2D eigenvalue weighted by atomic mass is 32.1. The van der Waals surface area contributed by atoms with Gasteiger partial charge in [-0.15, -0.1) is 0 Å². The fourth-order valence-electron chi connectivity index (χ4n) is 2.15. The summed E-state index contributed by atoms with van der Waals surface area (Å²) in [5.74, 6) is -0.370. The fraction of sp³-hybridized carbons (Fsp3) is 0.0588. The zero-order valence-corrected chi connectivity index (χ0v) is 13.4. The molecule has 0 saturated heterocycles. The number of nitrogens with zero attached hydrogens (tertiary/aromatic N) is 2. The molecule has 6 nitrogen and oxygen atoms in total. The molecule has 1 heterocycles. The lowest BCUT2D eigenvalue weighted by Gasteiger charge is -2.04. The summed E-state index contributed by atoms with van der Waals surface area (Å²) in [6, 6.07) is 16.4. The first-order valence-electron chi connectivity index (χ1n) is 7.19. The molecule has 24 heavy (non-hydrogen) atoms. The van der Waals surface area contributed by atoms with Gasteiger partial charge in [0.25, 0.3) is 5.56 Å². The number of rotatable bonds is 3. The molecule has 0 aliphatic carbocycles. The first kappa shape index (κ1) is 15.8. The minimum Gasteiger partial charge on any atom is -0.369 e. The van der Waals surface area contributed by atoms with Crippen molar-refractivity contribution in [2.75, 3.05) is 0 Å². The van der Waals surface area contributed by atoms with E-state index in [-0.39, 0.29) is 29.0 Å². The highest BCUT2D eigenvalue weighted by Crippen LogP contribution is 2.22. The fourth-order valence-corrected chi connectivity index (χ4v) is 3.03. The number of nitrogens with two attached hydrogens (primary N) is 1. The van der Waals surface area contributed by atoms with Crippen LogP contribution in [0, 0.1) is 0 Å². The molecule has 120 valence electrons. The van der Waals surface area contributed by atoms with Crippen LogP contribution >= 0.6 is 11.3 Å². The summed E-state index contributed by atoms with van der Waals surface area (Å²) < 4.78 is 0.764. The van der Waals surface area contributed by atoms with Gasteiger partial charge in [-0.05, 0) is 17.7 Å². The van der Waals surface area contributed by atoms with Crippen molar-refractivity contribution in [1.29, 1.82) is 0 Å². The van der Waals surface area contributed by atoms with Crippen LogP contribution in [-0.2, 0) is 11.2 Å². The van der Waals surface area contributed by atoms with Crippen molar-refractivity contribution in [1.82, 2.24) is 10.3 Å². The summed E-state index contributed by atoms with van der Waals surface area (Å²) >= 11 is 1.23. The summed E-state index contributed by atoms with van der Waals surface area (Å²) in [6.07, 6.45) is 0.193. The van der Waals surface area contributed by atoms with Crippen LogP contribution in [0.2, 0.25) is 0 Å². The Morgan fingerprint density at radius 2 is 1.83 bits per heavy atom. The lowest BCUT2D eigenvalue weighted by molar-refractivity contribution is -0.119. The number of aromatic nitrogens is 1. The van der Waals surface area contributed by atoms with Crippen molar-refractivity contribution in [3.63, 3.8) is 0 Å². The van der Waals surface area contributed by atoms with E-state index >= 15 is 0 Å². The highest BCUT2D eigenvalue weighted by molar-refractivity contribution is 7.21. The van der Waals surface area contributed by atoms with Gasteiger partial charge >= 0.3 is 0 Å². The van der Waals surface area contributed by atoms with E-state index in [2.05, 4.69) is 15.3 Å². The number of nitrogens with one attached hydrogen (secondary N) is 1. The second-order valence-corrected chi connectivity index (χ2v) is 6.01. The Kier molecular flexibility index (Phi) is 4.62. The number of aliphatic imine (C=N–C) groups is 1. The van der Waals surface area contributed by atoms with Crippen LogP contribution in [0.5, 0.6) is 0 Å². The quantitative estimate of drug-likeness (QED) is 0.563. The highest BCUT2D eigenvalue weighted by Gasteiger charge is 2.07. The van der Waals surface area contributed by atoms with Crippen LogP contribution in [0.3, 0.4) is 0 Å². The van der Waals surface area contributed by atoms with Gasteiger partial charge in [0, 0.05) is 4.70 Å². The molecule has 0 atom stereocenters. The topological polar surface area (TPSA) is 97.4 Å². The summed E-state index contributed by atoms with van der Waals surface area (Å²) in [5.41, 5.74) is 6.24. The molecule has 3 N–H and O–H groups in total. The Morgan fingerprint density at radius 3 is 2.62 bits per heavy atom. The summed E-state index contributed by atoms with van der Waals surface area (Å²) in [5, 5.41) is 3.24. The van der Waals surface area contributed by atoms with Crippen molar-refractivity contribution < 1.29 is 4.79 Å². The third-order valence-corrected chi connectivity index (χ3v) is 4.15. The molecule has 0 radical (unpaired) electrons. The number of carbonyl (C=O) groups is 1. The molecule has 0 spiro atoms. The van der Waals surface area contributed by atoms with Gasteiger partial charge in [0.2, 0.25) is 17.0 Å². The molecule has 1 aromatic heterocycles. The van der Waals surface area contributed by atoms with E-state index in [4.69, 9.17) is 5.73 Å². The predicted octanol–water partition coefficient (Wildman–Crippen LogP) is 1.96. The molecule has 0 aliphatic heterocycles. The standard InChI is InChI=1S/C17H14N4O2S/c18-16(19-14(22)10-11-6-2-1-3-7-11)21-17-20-15(23)12-8-4-5-9-13(12)24-17/h1-9H,10H2,(H3,18,19,20,21,22,23). The van der Waals surface area contributed by atoms with E-state index in [1.54, 1.807) is 12.1 Å². The van der Waals surface area contributed by atoms with Crippen LogP contribution in [0.25, 0.3) is 10.1 Å². The van der Waals surface area contributed by atoms with Gasteiger partial charge in [-0.3, -0.25) is 14.9 Å². The van der Waals surface area contributed by atoms with Gasteiger partial charge < -0.3 is 5.73 Å². The minimum absolute atomic E-state index is 0.0886. The summed E-state index contributed by atoms with van der Waals surface area (Å²) in [4.78, 5) is 31.8. The van der Waals surface area contributed by atoms with E-state index < -0.39 is 0 Å².